The Morgan fingerprint density at radius 3 is 2.45 bits per heavy atom. The molecule has 0 bridgehead atoms. The molecule has 1 saturated heterocycles. The summed E-state index contributed by atoms with van der Waals surface area (Å²) in [5, 5.41) is 0. The highest BCUT2D eigenvalue weighted by Gasteiger charge is 2.44. The quantitative estimate of drug-likeness (QED) is 0.751. The van der Waals surface area contributed by atoms with Gasteiger partial charge in [-0.15, -0.1) is 0 Å². The fourth-order valence-electron chi connectivity index (χ4n) is 3.64. The fraction of sp³-hybridized carbons (Fsp3) is 0.562. The number of carbonyl (C=O) groups is 1. The van der Waals surface area contributed by atoms with Gasteiger partial charge in [-0.05, 0) is 30.4 Å². The number of likely N-dealkylation sites (tertiary alicyclic amines) is 1. The van der Waals surface area contributed by atoms with Crippen LogP contribution in [0.4, 0.5) is 17.6 Å². The number of hydrogen-bond donors (Lipinski definition) is 0. The lowest BCUT2D eigenvalue weighted by Crippen LogP contribution is -2.27. The minimum atomic E-state index is -4.56. The van der Waals surface area contributed by atoms with E-state index in [0.717, 1.165) is 37.8 Å². The van der Waals surface area contributed by atoms with Crippen LogP contribution in [0.15, 0.2) is 18.2 Å². The molecule has 0 atom stereocenters. The maximum absolute atomic E-state index is 13.9. The molecule has 1 aromatic rings. The van der Waals surface area contributed by atoms with Crippen LogP contribution in [0, 0.1) is 11.2 Å². The predicted octanol–water partition coefficient (Wildman–Crippen LogP) is 4.14. The maximum Gasteiger partial charge on any atom is 0.416 e. The van der Waals surface area contributed by atoms with Crippen LogP contribution in [0.2, 0.25) is 0 Å². The average Bonchev–Trinajstić information content (AvgIpc) is 2.99. The van der Waals surface area contributed by atoms with E-state index in [2.05, 4.69) is 0 Å². The number of nitrogens with zero attached hydrogens (tertiary/aromatic N) is 1. The first-order valence-corrected chi connectivity index (χ1v) is 7.43. The largest absolute Gasteiger partial charge is 0.416 e. The smallest absolute Gasteiger partial charge is 0.338 e. The van der Waals surface area contributed by atoms with E-state index in [1.807, 2.05) is 0 Å². The summed E-state index contributed by atoms with van der Waals surface area (Å²) in [7, 11) is 0. The zero-order chi connectivity index (χ0) is 16.0. The second-order valence-electron chi connectivity index (χ2n) is 6.44. The molecule has 2 fully saturated rings. The monoisotopic (exact) mass is 315 g/mol. The number of carbonyl (C=O) groups excluding carboxylic acids is 1. The molecule has 6 heteroatoms. The molecule has 1 saturated carbocycles. The Balaban J connectivity index is 1.75. The molecular formula is C16H17F4NO. The number of benzene rings is 1. The summed E-state index contributed by atoms with van der Waals surface area (Å²) < 4.78 is 51.5. The van der Waals surface area contributed by atoms with E-state index in [4.69, 9.17) is 0 Å². The molecule has 120 valence electrons. The van der Waals surface area contributed by atoms with E-state index in [9.17, 15) is 22.4 Å². The second kappa shape index (κ2) is 5.25. The van der Waals surface area contributed by atoms with Crippen molar-refractivity contribution in [3.05, 3.63) is 35.1 Å². The third kappa shape index (κ3) is 2.83. The minimum absolute atomic E-state index is 0.0134. The Labute approximate surface area is 126 Å². The Morgan fingerprint density at radius 2 is 1.86 bits per heavy atom. The minimum Gasteiger partial charge on any atom is -0.338 e. The van der Waals surface area contributed by atoms with Gasteiger partial charge in [0.25, 0.3) is 0 Å². The molecule has 1 amide bonds. The van der Waals surface area contributed by atoms with Gasteiger partial charge in [0.05, 0.1) is 5.56 Å². The van der Waals surface area contributed by atoms with Gasteiger partial charge in [-0.1, -0.05) is 18.9 Å². The first-order chi connectivity index (χ1) is 10.3. The van der Waals surface area contributed by atoms with E-state index in [1.54, 1.807) is 4.90 Å². The SMILES string of the molecule is O=C1CC2(CCCC2)CN1Cc1ccc(C(F)(F)F)cc1F. The Kier molecular flexibility index (Phi) is 3.65. The van der Waals surface area contributed by atoms with Crippen LogP contribution in [0.3, 0.4) is 0 Å². The molecule has 2 nitrogen and oxygen atoms in total. The van der Waals surface area contributed by atoms with Crippen LogP contribution in [0.25, 0.3) is 0 Å². The molecule has 22 heavy (non-hydrogen) atoms. The molecular weight excluding hydrogens is 298 g/mol. The zero-order valence-corrected chi connectivity index (χ0v) is 12.0. The summed E-state index contributed by atoms with van der Waals surface area (Å²) in [5.41, 5.74) is -0.857. The average molecular weight is 315 g/mol. The van der Waals surface area contributed by atoms with Gasteiger partial charge in [-0.3, -0.25) is 4.79 Å². The van der Waals surface area contributed by atoms with Crippen LogP contribution in [-0.2, 0) is 17.5 Å². The number of rotatable bonds is 2. The van der Waals surface area contributed by atoms with Crippen molar-refractivity contribution in [2.24, 2.45) is 5.41 Å². The summed E-state index contributed by atoms with van der Waals surface area (Å²) in [5.74, 6) is -0.934. The van der Waals surface area contributed by atoms with E-state index in [-0.39, 0.29) is 23.4 Å². The van der Waals surface area contributed by atoms with Gasteiger partial charge >= 0.3 is 6.18 Å². The highest BCUT2D eigenvalue weighted by Crippen LogP contribution is 2.46. The Hall–Kier alpha value is -1.59. The molecule has 0 unspecified atom stereocenters. The highest BCUT2D eigenvalue weighted by molar-refractivity contribution is 5.79. The van der Waals surface area contributed by atoms with Gasteiger partial charge in [-0.25, -0.2) is 4.39 Å². The van der Waals surface area contributed by atoms with Crippen molar-refractivity contribution < 1.29 is 22.4 Å². The molecule has 1 spiro atoms. The van der Waals surface area contributed by atoms with E-state index >= 15 is 0 Å². The molecule has 1 heterocycles. The molecule has 3 rings (SSSR count). The fourth-order valence-corrected chi connectivity index (χ4v) is 3.64. The van der Waals surface area contributed by atoms with Gasteiger partial charge < -0.3 is 4.90 Å². The van der Waals surface area contributed by atoms with Gasteiger partial charge in [-0.2, -0.15) is 13.2 Å². The van der Waals surface area contributed by atoms with Gasteiger partial charge in [0.1, 0.15) is 5.82 Å². The molecule has 1 aliphatic carbocycles. The molecule has 2 aliphatic rings. The molecule has 1 aromatic carbocycles. The summed E-state index contributed by atoms with van der Waals surface area (Å²) >= 11 is 0. The highest BCUT2D eigenvalue weighted by atomic mass is 19.4. The number of amides is 1. The lowest BCUT2D eigenvalue weighted by atomic mass is 9.85. The van der Waals surface area contributed by atoms with Crippen LogP contribution >= 0.6 is 0 Å². The van der Waals surface area contributed by atoms with Crippen molar-refractivity contribution in [3.8, 4) is 0 Å². The molecule has 1 aliphatic heterocycles. The third-order valence-electron chi connectivity index (χ3n) is 4.81. The number of halogens is 4. The summed E-state index contributed by atoms with van der Waals surface area (Å²) in [6, 6.07) is 2.50. The van der Waals surface area contributed by atoms with Crippen molar-refractivity contribution in [1.29, 1.82) is 0 Å². The van der Waals surface area contributed by atoms with Crippen LogP contribution < -0.4 is 0 Å². The van der Waals surface area contributed by atoms with Gasteiger partial charge in [0.2, 0.25) is 5.91 Å². The lowest BCUT2D eigenvalue weighted by Gasteiger charge is -2.23. The second-order valence-corrected chi connectivity index (χ2v) is 6.44. The Bertz CT molecular complexity index is 590. The molecule has 0 N–H and O–H groups in total. The van der Waals surface area contributed by atoms with Gasteiger partial charge in [0, 0.05) is 25.1 Å². The first kappa shape index (κ1) is 15.3. The van der Waals surface area contributed by atoms with Crippen LogP contribution in [-0.4, -0.2) is 17.4 Å². The summed E-state index contributed by atoms with van der Waals surface area (Å²) in [6.45, 7) is 0.636. The van der Waals surface area contributed by atoms with Crippen molar-refractivity contribution in [2.45, 2.75) is 44.8 Å². The lowest BCUT2D eigenvalue weighted by molar-refractivity contribution is -0.137. The van der Waals surface area contributed by atoms with Crippen molar-refractivity contribution in [2.75, 3.05) is 6.54 Å². The van der Waals surface area contributed by atoms with Crippen molar-refractivity contribution in [3.63, 3.8) is 0 Å². The number of alkyl halides is 3. The molecule has 0 radical (unpaired) electrons. The third-order valence-corrected chi connectivity index (χ3v) is 4.81. The Morgan fingerprint density at radius 1 is 1.18 bits per heavy atom. The van der Waals surface area contributed by atoms with E-state index in [0.29, 0.717) is 19.0 Å². The topological polar surface area (TPSA) is 20.3 Å². The van der Waals surface area contributed by atoms with Crippen molar-refractivity contribution in [1.82, 2.24) is 4.90 Å². The first-order valence-electron chi connectivity index (χ1n) is 7.43. The van der Waals surface area contributed by atoms with E-state index in [1.165, 1.54) is 0 Å². The number of hydrogen-bond acceptors (Lipinski definition) is 1. The summed E-state index contributed by atoms with van der Waals surface area (Å²) in [6.07, 6.45) is 0.146. The predicted molar refractivity (Wildman–Crippen MR) is 72.3 cm³/mol. The molecule has 0 aromatic heterocycles. The zero-order valence-electron chi connectivity index (χ0n) is 12.0. The standard InChI is InChI=1S/C16H17F4NO/c17-13-7-12(16(18,19)20)4-3-11(13)9-21-10-15(8-14(21)22)5-1-2-6-15/h3-4,7H,1-2,5-6,8-10H2. The van der Waals surface area contributed by atoms with E-state index < -0.39 is 17.6 Å². The van der Waals surface area contributed by atoms with Crippen LogP contribution in [0.1, 0.15) is 43.2 Å². The van der Waals surface area contributed by atoms with Crippen molar-refractivity contribution >= 4 is 5.91 Å². The normalized spacial score (nSPS) is 21.1. The van der Waals surface area contributed by atoms with Gasteiger partial charge in [0.15, 0.2) is 0 Å². The maximum atomic E-state index is 13.9. The summed E-state index contributed by atoms with van der Waals surface area (Å²) in [4.78, 5) is 13.7. The van der Waals surface area contributed by atoms with Crippen LogP contribution in [0.5, 0.6) is 0 Å².